The minimum atomic E-state index is -0.907. The van der Waals surface area contributed by atoms with Crippen LogP contribution in [-0.2, 0) is 4.79 Å². The molecule has 0 unspecified atom stereocenters. The fourth-order valence-corrected chi connectivity index (χ4v) is 4.83. The van der Waals surface area contributed by atoms with Gasteiger partial charge in [0.05, 0.1) is 23.3 Å². The summed E-state index contributed by atoms with van der Waals surface area (Å²) >= 11 is 0. The molecule has 1 aromatic carbocycles. The smallest absolute Gasteiger partial charge is 0.223 e. The lowest BCUT2D eigenvalue weighted by atomic mass is 9.87. The predicted octanol–water partition coefficient (Wildman–Crippen LogP) is 2.10. The van der Waals surface area contributed by atoms with Gasteiger partial charge in [0.1, 0.15) is 17.1 Å². The van der Waals surface area contributed by atoms with Crippen molar-refractivity contribution in [1.29, 1.82) is 5.26 Å². The fourth-order valence-electron chi connectivity index (χ4n) is 4.83. The minimum absolute atomic E-state index is 0. The number of carbonyl (C=O) groups excluding carboxylic acids is 1. The highest BCUT2D eigenvalue weighted by molar-refractivity contribution is 5.92. The second kappa shape index (κ2) is 9.99. The third kappa shape index (κ3) is 5.29. The molecule has 3 heterocycles. The number of nitrogens with zero attached hydrogens (tertiary/aromatic N) is 5. The number of nitriles is 1. The second-order valence-electron chi connectivity index (χ2n) is 9.21. The first-order valence-electron chi connectivity index (χ1n) is 11.0. The minimum Gasteiger partial charge on any atom is -0.389 e. The number of benzene rings is 1. The van der Waals surface area contributed by atoms with Crippen LogP contribution < -0.4 is 10.2 Å². The van der Waals surface area contributed by atoms with Gasteiger partial charge in [-0.05, 0) is 44.4 Å². The Morgan fingerprint density at radius 1 is 1.25 bits per heavy atom. The van der Waals surface area contributed by atoms with Crippen molar-refractivity contribution in [3.05, 3.63) is 30.1 Å². The number of rotatable bonds is 4. The molecule has 0 bridgehead atoms. The van der Waals surface area contributed by atoms with Crippen molar-refractivity contribution in [1.82, 2.24) is 20.2 Å². The number of likely N-dealkylation sites (tertiary alicyclic amines) is 1. The number of halogens is 1. The molecule has 32 heavy (non-hydrogen) atoms. The van der Waals surface area contributed by atoms with Crippen molar-refractivity contribution in [3.8, 4) is 6.07 Å². The second-order valence-corrected chi connectivity index (χ2v) is 9.21. The van der Waals surface area contributed by atoms with Crippen LogP contribution in [0, 0.1) is 17.2 Å². The topological polar surface area (TPSA) is 105 Å². The molecule has 4 rings (SSSR count). The third-order valence-corrected chi connectivity index (χ3v) is 6.50. The predicted molar refractivity (Wildman–Crippen MR) is 126 cm³/mol. The zero-order valence-corrected chi connectivity index (χ0v) is 19.4. The normalized spacial score (nSPS) is 23.2. The van der Waals surface area contributed by atoms with Gasteiger partial charge in [0, 0.05) is 44.6 Å². The summed E-state index contributed by atoms with van der Waals surface area (Å²) in [5.41, 5.74) is 1.84. The molecule has 0 radical (unpaired) electrons. The molecule has 2 atom stereocenters. The summed E-state index contributed by atoms with van der Waals surface area (Å²) in [4.78, 5) is 26.0. The van der Waals surface area contributed by atoms with E-state index in [-0.39, 0.29) is 30.8 Å². The molecule has 172 valence electrons. The van der Waals surface area contributed by atoms with Crippen LogP contribution in [-0.4, -0.2) is 70.8 Å². The number of piperidine rings is 2. The van der Waals surface area contributed by atoms with Crippen molar-refractivity contribution >= 4 is 35.0 Å². The summed E-state index contributed by atoms with van der Waals surface area (Å²) in [6.45, 7) is 5.30. The zero-order valence-electron chi connectivity index (χ0n) is 18.6. The van der Waals surface area contributed by atoms with E-state index in [4.69, 9.17) is 0 Å². The largest absolute Gasteiger partial charge is 0.389 e. The SMILES string of the molecule is C[C@H]1C[C@@H](NC(=O)CC2(O)CCN(C)CC2)CN(c2ccc(C#N)c3nccnc23)C1.Cl. The number of fused-ring (bicyclic) bond motifs is 1. The number of aliphatic hydroxyl groups is 1. The molecular weight excluding hydrogens is 428 g/mol. The molecule has 8 nitrogen and oxygen atoms in total. The van der Waals surface area contributed by atoms with Gasteiger partial charge in [0.15, 0.2) is 0 Å². The quantitative estimate of drug-likeness (QED) is 0.722. The van der Waals surface area contributed by atoms with Gasteiger partial charge in [-0.2, -0.15) is 5.26 Å². The number of aromatic nitrogens is 2. The van der Waals surface area contributed by atoms with E-state index in [1.807, 2.05) is 13.1 Å². The lowest BCUT2D eigenvalue weighted by Crippen LogP contribution is -2.52. The standard InChI is InChI=1S/C23H30N6O2.ClH/c1-16-11-18(27-20(30)12-23(31)5-9-28(2)10-6-23)15-29(14-16)19-4-3-17(13-24)21-22(19)26-8-7-25-21;/h3-4,7-8,16,18,31H,5-6,9-12,14-15H2,1-2H3,(H,27,30);1H/t16-,18+;/m0./s1. The van der Waals surface area contributed by atoms with Gasteiger partial charge in [0.25, 0.3) is 0 Å². The highest BCUT2D eigenvalue weighted by Gasteiger charge is 2.35. The molecule has 1 aromatic heterocycles. The molecule has 0 aliphatic carbocycles. The molecule has 2 fully saturated rings. The van der Waals surface area contributed by atoms with Crippen molar-refractivity contribution < 1.29 is 9.90 Å². The monoisotopic (exact) mass is 458 g/mol. The Hall–Kier alpha value is -2.47. The van der Waals surface area contributed by atoms with Crippen LogP contribution in [0.1, 0.15) is 38.2 Å². The van der Waals surface area contributed by atoms with E-state index < -0.39 is 5.60 Å². The Kier molecular flexibility index (Phi) is 7.55. The Morgan fingerprint density at radius 3 is 2.62 bits per heavy atom. The van der Waals surface area contributed by atoms with Crippen LogP contribution in [0.4, 0.5) is 5.69 Å². The number of amides is 1. The van der Waals surface area contributed by atoms with E-state index in [1.54, 1.807) is 18.5 Å². The van der Waals surface area contributed by atoms with E-state index in [1.165, 1.54) is 0 Å². The fraction of sp³-hybridized carbons (Fsp3) is 0.565. The first-order chi connectivity index (χ1) is 14.9. The maximum atomic E-state index is 12.8. The van der Waals surface area contributed by atoms with Crippen LogP contribution in [0.15, 0.2) is 24.5 Å². The highest BCUT2D eigenvalue weighted by Crippen LogP contribution is 2.30. The summed E-state index contributed by atoms with van der Waals surface area (Å²) in [5, 5.41) is 23.3. The van der Waals surface area contributed by atoms with E-state index in [0.717, 1.165) is 31.7 Å². The van der Waals surface area contributed by atoms with E-state index >= 15 is 0 Å². The Labute approximate surface area is 195 Å². The van der Waals surface area contributed by atoms with Crippen LogP contribution in [0.2, 0.25) is 0 Å². The number of hydrogen-bond acceptors (Lipinski definition) is 7. The van der Waals surface area contributed by atoms with Gasteiger partial charge in [0.2, 0.25) is 5.91 Å². The van der Waals surface area contributed by atoms with E-state index in [2.05, 4.69) is 38.1 Å². The van der Waals surface area contributed by atoms with Crippen LogP contribution in [0.3, 0.4) is 0 Å². The number of hydrogen-bond donors (Lipinski definition) is 2. The lowest BCUT2D eigenvalue weighted by molar-refractivity contribution is -0.128. The molecular formula is C23H31ClN6O2. The maximum absolute atomic E-state index is 12.8. The summed E-state index contributed by atoms with van der Waals surface area (Å²) in [7, 11) is 2.04. The molecule has 2 N–H and O–H groups in total. The number of nitrogens with one attached hydrogen (secondary N) is 1. The van der Waals surface area contributed by atoms with Gasteiger partial charge in [-0.15, -0.1) is 12.4 Å². The maximum Gasteiger partial charge on any atom is 0.223 e. The van der Waals surface area contributed by atoms with E-state index in [0.29, 0.717) is 41.9 Å². The van der Waals surface area contributed by atoms with Gasteiger partial charge in [-0.25, -0.2) is 0 Å². The van der Waals surface area contributed by atoms with Crippen molar-refractivity contribution in [3.63, 3.8) is 0 Å². The Morgan fingerprint density at radius 2 is 1.94 bits per heavy atom. The van der Waals surface area contributed by atoms with Crippen LogP contribution in [0.25, 0.3) is 11.0 Å². The van der Waals surface area contributed by atoms with Gasteiger partial charge < -0.3 is 20.2 Å². The van der Waals surface area contributed by atoms with E-state index in [9.17, 15) is 15.2 Å². The van der Waals surface area contributed by atoms with Crippen molar-refractivity contribution in [2.24, 2.45) is 5.92 Å². The Bertz CT molecular complexity index is 1000. The third-order valence-electron chi connectivity index (χ3n) is 6.50. The van der Waals surface area contributed by atoms with Crippen LogP contribution >= 0.6 is 12.4 Å². The lowest BCUT2D eigenvalue weighted by Gasteiger charge is -2.39. The molecule has 9 heteroatoms. The van der Waals surface area contributed by atoms with Crippen molar-refractivity contribution in [2.45, 2.75) is 44.2 Å². The van der Waals surface area contributed by atoms with Gasteiger partial charge >= 0.3 is 0 Å². The van der Waals surface area contributed by atoms with Crippen molar-refractivity contribution in [2.75, 3.05) is 38.1 Å². The highest BCUT2D eigenvalue weighted by atomic mass is 35.5. The molecule has 2 aromatic rings. The van der Waals surface area contributed by atoms with Gasteiger partial charge in [-0.1, -0.05) is 6.92 Å². The summed E-state index contributed by atoms with van der Waals surface area (Å²) in [5.74, 6) is 0.295. The number of carbonyl (C=O) groups is 1. The summed E-state index contributed by atoms with van der Waals surface area (Å²) < 4.78 is 0. The van der Waals surface area contributed by atoms with Gasteiger partial charge in [-0.3, -0.25) is 14.8 Å². The molecule has 0 spiro atoms. The first-order valence-corrected chi connectivity index (χ1v) is 11.0. The van der Waals surface area contributed by atoms with Crippen LogP contribution in [0.5, 0.6) is 0 Å². The zero-order chi connectivity index (χ0) is 22.0. The molecule has 0 saturated carbocycles. The molecule has 2 aliphatic rings. The Balaban J connectivity index is 0.00000289. The number of anilines is 1. The molecule has 2 aliphatic heterocycles. The summed E-state index contributed by atoms with van der Waals surface area (Å²) in [6, 6.07) is 5.89. The molecule has 2 saturated heterocycles. The first kappa shape index (κ1) is 24.2. The average Bonchev–Trinajstić information content (AvgIpc) is 2.74. The average molecular weight is 459 g/mol. The molecule has 1 amide bonds. The summed E-state index contributed by atoms with van der Waals surface area (Å²) in [6.07, 6.45) is 5.53.